The third kappa shape index (κ3) is 6.02. The summed E-state index contributed by atoms with van der Waals surface area (Å²) in [6.45, 7) is 2.36. The summed E-state index contributed by atoms with van der Waals surface area (Å²) < 4.78 is 16.8. The minimum Gasteiger partial charge on any atom is -0.508 e. The molecule has 0 amide bonds. The van der Waals surface area contributed by atoms with Crippen LogP contribution >= 0.6 is 0 Å². The number of benzene rings is 2. The molecule has 0 spiro atoms. The van der Waals surface area contributed by atoms with Crippen LogP contribution in [-0.2, 0) is 25.5 Å². The summed E-state index contributed by atoms with van der Waals surface area (Å²) in [5.41, 5.74) is 0.190. The van der Waals surface area contributed by atoms with Gasteiger partial charge in [0.2, 0.25) is 0 Å². The number of aromatic hydroxyl groups is 2. The van der Waals surface area contributed by atoms with Gasteiger partial charge in [-0.3, -0.25) is 9.59 Å². The molecule has 11 nitrogen and oxygen atoms in total. The number of aliphatic hydroxyl groups excluding tert-OH is 3. The van der Waals surface area contributed by atoms with Gasteiger partial charge in [-0.25, -0.2) is 4.79 Å². The second-order valence-corrected chi connectivity index (χ2v) is 9.41. The van der Waals surface area contributed by atoms with Crippen LogP contribution in [0.25, 0.3) is 17.0 Å². The molecule has 2 aromatic carbocycles. The summed E-state index contributed by atoms with van der Waals surface area (Å²) in [6.07, 6.45) is -5.66. The van der Waals surface area contributed by atoms with Crippen molar-refractivity contribution in [1.29, 1.82) is 0 Å². The topological polar surface area (TPSA) is 184 Å². The fourth-order valence-corrected chi connectivity index (χ4v) is 4.47. The monoisotopic (exact) mass is 540 g/mol. The lowest BCUT2D eigenvalue weighted by molar-refractivity contribution is -0.234. The molecule has 1 saturated heterocycles. The fraction of sp³-hybridized carbons (Fsp3) is 0.321. The molecule has 1 aromatic heterocycles. The Morgan fingerprint density at radius 1 is 1.03 bits per heavy atom. The van der Waals surface area contributed by atoms with Crippen molar-refractivity contribution in [2.45, 2.75) is 50.8 Å². The molecule has 2 heterocycles. The van der Waals surface area contributed by atoms with Gasteiger partial charge in [-0.1, -0.05) is 12.1 Å². The highest BCUT2D eigenvalue weighted by atomic mass is 16.6. The highest BCUT2D eigenvalue weighted by Crippen LogP contribution is 2.41. The number of carbonyl (C=O) groups excluding carboxylic acids is 2. The summed E-state index contributed by atoms with van der Waals surface area (Å²) in [4.78, 5) is 36.7. The molecule has 5 N–H and O–H groups in total. The third-order valence-electron chi connectivity index (χ3n) is 6.38. The maximum absolute atomic E-state index is 12.8. The van der Waals surface area contributed by atoms with E-state index in [2.05, 4.69) is 0 Å². The smallest absolute Gasteiger partial charge is 0.330 e. The van der Waals surface area contributed by atoms with Gasteiger partial charge in [0.25, 0.3) is 0 Å². The molecule has 3 aromatic rings. The minimum atomic E-state index is -1.78. The SMILES string of the molecule is CC(=O)Cc1cc(=O)c2c(C)cc(O)c([C@@H]3O[C@H](COC(=O)C=Cc4ccc(O)cc4)[C@@H](O)[C@H](O)[C@H]3O)c2o1. The maximum Gasteiger partial charge on any atom is 0.330 e. The van der Waals surface area contributed by atoms with Crippen LogP contribution in [-0.4, -0.2) is 68.3 Å². The first-order chi connectivity index (χ1) is 18.5. The maximum atomic E-state index is 12.8. The standard InChI is InChI=1S/C28H28O11/c1-13-9-18(31)23(27-22(13)19(32)11-17(38-27)10-14(2)29)28-26(36)25(35)24(34)20(39-28)12-37-21(33)8-5-15-3-6-16(30)7-4-15/h3-9,11,20,24-26,28,30-31,34-36H,10,12H2,1-2H3/t20-,24-,25+,26-,28+/m1/s1. The van der Waals surface area contributed by atoms with Crippen LogP contribution in [0, 0.1) is 6.92 Å². The van der Waals surface area contributed by atoms with E-state index in [4.69, 9.17) is 13.9 Å². The summed E-state index contributed by atoms with van der Waals surface area (Å²) in [5, 5.41) is 52.0. The Morgan fingerprint density at radius 3 is 2.38 bits per heavy atom. The summed E-state index contributed by atoms with van der Waals surface area (Å²) >= 11 is 0. The fourth-order valence-electron chi connectivity index (χ4n) is 4.47. The van der Waals surface area contributed by atoms with Gasteiger partial charge in [-0.2, -0.15) is 0 Å². The first-order valence-electron chi connectivity index (χ1n) is 12.1. The van der Waals surface area contributed by atoms with Crippen LogP contribution in [0.2, 0.25) is 0 Å². The van der Waals surface area contributed by atoms with Crippen LogP contribution in [0.3, 0.4) is 0 Å². The van der Waals surface area contributed by atoms with Crippen LogP contribution < -0.4 is 5.43 Å². The van der Waals surface area contributed by atoms with Gasteiger partial charge in [0.15, 0.2) is 5.43 Å². The predicted molar refractivity (Wildman–Crippen MR) is 137 cm³/mol. The highest BCUT2D eigenvalue weighted by Gasteiger charge is 2.46. The van der Waals surface area contributed by atoms with Gasteiger partial charge in [0.05, 0.1) is 17.4 Å². The normalized spacial score (nSPS) is 23.3. The molecule has 5 atom stereocenters. The molecule has 1 fully saturated rings. The van der Waals surface area contributed by atoms with Crippen molar-refractivity contribution >= 4 is 28.8 Å². The Hall–Kier alpha value is -4.03. The van der Waals surface area contributed by atoms with Crippen molar-refractivity contribution < 1.29 is 49.0 Å². The van der Waals surface area contributed by atoms with E-state index in [1.54, 1.807) is 19.1 Å². The number of rotatable bonds is 7. The molecule has 1 aliphatic rings. The van der Waals surface area contributed by atoms with E-state index in [1.165, 1.54) is 37.3 Å². The van der Waals surface area contributed by atoms with E-state index in [9.17, 15) is 39.9 Å². The molecule has 1 aliphatic heterocycles. The van der Waals surface area contributed by atoms with Gasteiger partial charge in [0, 0.05) is 12.1 Å². The number of aryl methyl sites for hydroxylation is 1. The second-order valence-electron chi connectivity index (χ2n) is 9.41. The Morgan fingerprint density at radius 2 is 1.72 bits per heavy atom. The summed E-state index contributed by atoms with van der Waals surface area (Å²) in [7, 11) is 0. The second kappa shape index (κ2) is 11.4. The highest BCUT2D eigenvalue weighted by molar-refractivity contribution is 5.87. The van der Waals surface area contributed by atoms with Gasteiger partial charge in [-0.05, 0) is 49.2 Å². The van der Waals surface area contributed by atoms with Crippen molar-refractivity contribution in [2.24, 2.45) is 0 Å². The Labute approximate surface area is 222 Å². The molecule has 11 heteroatoms. The van der Waals surface area contributed by atoms with Crippen LogP contribution in [0.1, 0.15) is 35.5 Å². The van der Waals surface area contributed by atoms with Crippen molar-refractivity contribution in [3.63, 3.8) is 0 Å². The number of phenols is 2. The Bertz CT molecular complexity index is 1470. The summed E-state index contributed by atoms with van der Waals surface area (Å²) in [6, 6.07) is 8.49. The zero-order chi connectivity index (χ0) is 28.4. The first kappa shape index (κ1) is 28.0. The van der Waals surface area contributed by atoms with Crippen molar-refractivity contribution in [1.82, 2.24) is 0 Å². The number of ether oxygens (including phenoxy) is 2. The largest absolute Gasteiger partial charge is 0.508 e. The molecule has 0 radical (unpaired) electrons. The quantitative estimate of drug-likeness (QED) is 0.216. The number of hydrogen-bond acceptors (Lipinski definition) is 11. The van der Waals surface area contributed by atoms with Crippen LogP contribution in [0.4, 0.5) is 0 Å². The van der Waals surface area contributed by atoms with Gasteiger partial charge in [-0.15, -0.1) is 0 Å². The van der Waals surface area contributed by atoms with E-state index < -0.39 is 54.3 Å². The number of aliphatic hydroxyl groups is 3. The number of fused-ring (bicyclic) bond motifs is 1. The zero-order valence-electron chi connectivity index (χ0n) is 21.1. The number of esters is 1. The third-order valence-corrected chi connectivity index (χ3v) is 6.38. The van der Waals surface area contributed by atoms with E-state index in [-0.39, 0.29) is 40.2 Å². The molecule has 206 valence electrons. The van der Waals surface area contributed by atoms with Crippen molar-refractivity contribution in [2.75, 3.05) is 6.61 Å². The van der Waals surface area contributed by atoms with Gasteiger partial charge in [0.1, 0.15) is 65.8 Å². The average molecular weight is 541 g/mol. The molecule has 0 aliphatic carbocycles. The van der Waals surface area contributed by atoms with Gasteiger partial charge < -0.3 is 39.4 Å². The van der Waals surface area contributed by atoms with Crippen molar-refractivity contribution in [3.05, 3.63) is 75.1 Å². The molecule has 0 saturated carbocycles. The lowest BCUT2D eigenvalue weighted by atomic mass is 9.89. The number of hydrogen-bond donors (Lipinski definition) is 5. The zero-order valence-corrected chi connectivity index (χ0v) is 21.1. The predicted octanol–water partition coefficient (Wildman–Crippen LogP) is 1.42. The van der Waals surface area contributed by atoms with Crippen LogP contribution in [0.5, 0.6) is 11.5 Å². The average Bonchev–Trinajstić information content (AvgIpc) is 2.86. The first-order valence-corrected chi connectivity index (χ1v) is 12.1. The molecule has 39 heavy (non-hydrogen) atoms. The number of phenolic OH excluding ortho intramolecular Hbond substituents is 2. The van der Waals surface area contributed by atoms with Gasteiger partial charge >= 0.3 is 5.97 Å². The molecular weight excluding hydrogens is 512 g/mol. The molecule has 0 unspecified atom stereocenters. The van der Waals surface area contributed by atoms with E-state index in [0.717, 1.165) is 6.08 Å². The Kier molecular flexibility index (Phi) is 8.17. The molecule has 0 bridgehead atoms. The number of carbonyl (C=O) groups is 2. The lowest BCUT2D eigenvalue weighted by Crippen LogP contribution is -2.55. The number of ketones is 1. The van der Waals surface area contributed by atoms with E-state index in [1.807, 2.05) is 0 Å². The van der Waals surface area contributed by atoms with E-state index >= 15 is 0 Å². The lowest BCUT2D eigenvalue weighted by Gasteiger charge is -2.40. The number of Topliss-reactive ketones (excluding diaryl/α,β-unsaturated/α-hetero) is 1. The molecular formula is C28H28O11. The van der Waals surface area contributed by atoms with Crippen LogP contribution in [0.15, 0.2) is 51.7 Å². The molecule has 4 rings (SSSR count). The van der Waals surface area contributed by atoms with Crippen molar-refractivity contribution in [3.8, 4) is 11.5 Å². The Balaban J connectivity index is 1.62. The minimum absolute atomic E-state index is 0.0306. The van der Waals surface area contributed by atoms with E-state index in [0.29, 0.717) is 11.1 Å². The summed E-state index contributed by atoms with van der Waals surface area (Å²) in [5.74, 6) is -1.38.